The van der Waals surface area contributed by atoms with Gasteiger partial charge < -0.3 is 5.32 Å². The van der Waals surface area contributed by atoms with Crippen molar-refractivity contribution in [2.24, 2.45) is 0 Å². The fourth-order valence-electron chi connectivity index (χ4n) is 2.58. The molecular formula is C15H25N3. The predicted octanol–water partition coefficient (Wildman–Crippen LogP) is 2.35. The van der Waals surface area contributed by atoms with Crippen LogP contribution in [0.2, 0.25) is 0 Å². The number of hydrogen-bond donors (Lipinski definition) is 1. The molecule has 1 fully saturated rings. The molecule has 2 rings (SSSR count). The Morgan fingerprint density at radius 3 is 2.94 bits per heavy atom. The van der Waals surface area contributed by atoms with E-state index in [0.29, 0.717) is 12.1 Å². The molecule has 18 heavy (non-hydrogen) atoms. The number of hydrogen-bond acceptors (Lipinski definition) is 3. The van der Waals surface area contributed by atoms with E-state index < -0.39 is 0 Å². The second kappa shape index (κ2) is 6.30. The third-order valence-corrected chi connectivity index (χ3v) is 3.78. The Balaban J connectivity index is 1.95. The summed E-state index contributed by atoms with van der Waals surface area (Å²) in [5.41, 5.74) is 2.42. The van der Waals surface area contributed by atoms with E-state index in [0.717, 1.165) is 25.3 Å². The van der Waals surface area contributed by atoms with E-state index in [1.807, 2.05) is 13.1 Å². The minimum Gasteiger partial charge on any atom is -0.311 e. The SMILES string of the molecule is CCCC1CN(Cc2ccc(C)nc2)C(C)CN1. The fraction of sp³-hybridized carbons (Fsp3) is 0.667. The number of pyridine rings is 1. The van der Waals surface area contributed by atoms with Crippen LogP contribution >= 0.6 is 0 Å². The summed E-state index contributed by atoms with van der Waals surface area (Å²) in [6.45, 7) is 9.88. The van der Waals surface area contributed by atoms with E-state index >= 15 is 0 Å². The standard InChI is InChI=1S/C15H25N3/c1-4-5-15-11-18(13(3)8-17-15)10-14-7-6-12(2)16-9-14/h6-7,9,13,15,17H,4-5,8,10-11H2,1-3H3. The van der Waals surface area contributed by atoms with Gasteiger partial charge in [0, 0.05) is 43.6 Å². The van der Waals surface area contributed by atoms with Gasteiger partial charge in [-0.15, -0.1) is 0 Å². The highest BCUT2D eigenvalue weighted by molar-refractivity contribution is 5.13. The van der Waals surface area contributed by atoms with Crippen LogP contribution in [0.15, 0.2) is 18.3 Å². The van der Waals surface area contributed by atoms with Gasteiger partial charge in [-0.25, -0.2) is 0 Å². The summed E-state index contributed by atoms with van der Waals surface area (Å²) in [5.74, 6) is 0. The van der Waals surface area contributed by atoms with E-state index in [1.54, 1.807) is 0 Å². The molecule has 1 N–H and O–H groups in total. The van der Waals surface area contributed by atoms with Crippen LogP contribution in [0.1, 0.15) is 37.9 Å². The van der Waals surface area contributed by atoms with Crippen molar-refractivity contribution in [1.82, 2.24) is 15.2 Å². The molecule has 2 heterocycles. The van der Waals surface area contributed by atoms with Gasteiger partial charge in [0.15, 0.2) is 0 Å². The highest BCUT2D eigenvalue weighted by Gasteiger charge is 2.24. The van der Waals surface area contributed by atoms with Gasteiger partial charge in [0.25, 0.3) is 0 Å². The van der Waals surface area contributed by atoms with Crippen molar-refractivity contribution in [3.8, 4) is 0 Å². The molecule has 0 aliphatic carbocycles. The molecule has 1 aromatic heterocycles. The van der Waals surface area contributed by atoms with E-state index in [2.05, 4.69) is 41.2 Å². The lowest BCUT2D eigenvalue weighted by Gasteiger charge is -2.38. The summed E-state index contributed by atoms with van der Waals surface area (Å²) < 4.78 is 0. The maximum absolute atomic E-state index is 4.38. The number of nitrogens with one attached hydrogen (secondary N) is 1. The fourth-order valence-corrected chi connectivity index (χ4v) is 2.58. The van der Waals surface area contributed by atoms with Crippen molar-refractivity contribution in [2.75, 3.05) is 13.1 Å². The zero-order valence-corrected chi connectivity index (χ0v) is 11.8. The van der Waals surface area contributed by atoms with Crippen molar-refractivity contribution in [3.63, 3.8) is 0 Å². The van der Waals surface area contributed by atoms with Crippen molar-refractivity contribution in [3.05, 3.63) is 29.6 Å². The third kappa shape index (κ3) is 3.53. The Kier molecular flexibility index (Phi) is 4.72. The first-order valence-corrected chi connectivity index (χ1v) is 7.08. The molecule has 0 bridgehead atoms. The number of piperazine rings is 1. The lowest BCUT2D eigenvalue weighted by molar-refractivity contribution is 0.129. The van der Waals surface area contributed by atoms with Gasteiger partial charge in [-0.1, -0.05) is 19.4 Å². The highest BCUT2D eigenvalue weighted by atomic mass is 15.2. The molecule has 0 spiro atoms. The van der Waals surface area contributed by atoms with Crippen LogP contribution in [0.5, 0.6) is 0 Å². The first kappa shape index (κ1) is 13.5. The van der Waals surface area contributed by atoms with Crippen LogP contribution in [-0.2, 0) is 6.54 Å². The number of aromatic nitrogens is 1. The largest absolute Gasteiger partial charge is 0.311 e. The molecule has 3 heteroatoms. The minimum absolute atomic E-state index is 0.611. The summed E-state index contributed by atoms with van der Waals surface area (Å²) in [5, 5.41) is 3.64. The molecule has 0 amide bonds. The lowest BCUT2D eigenvalue weighted by atomic mass is 10.1. The molecule has 0 aromatic carbocycles. The van der Waals surface area contributed by atoms with Gasteiger partial charge in [0.05, 0.1) is 0 Å². The summed E-state index contributed by atoms with van der Waals surface area (Å²) in [6, 6.07) is 5.57. The van der Waals surface area contributed by atoms with Gasteiger partial charge in [-0.05, 0) is 31.9 Å². The molecule has 2 unspecified atom stereocenters. The van der Waals surface area contributed by atoms with E-state index in [1.165, 1.54) is 18.4 Å². The number of aryl methyl sites for hydroxylation is 1. The van der Waals surface area contributed by atoms with Crippen LogP contribution in [0.25, 0.3) is 0 Å². The van der Waals surface area contributed by atoms with Gasteiger partial charge in [0.1, 0.15) is 0 Å². The third-order valence-electron chi connectivity index (χ3n) is 3.78. The maximum Gasteiger partial charge on any atom is 0.0372 e. The van der Waals surface area contributed by atoms with Crippen molar-refractivity contribution in [1.29, 1.82) is 0 Å². The number of rotatable bonds is 4. The van der Waals surface area contributed by atoms with Gasteiger partial charge in [-0.2, -0.15) is 0 Å². The average molecular weight is 247 g/mol. The molecular weight excluding hydrogens is 222 g/mol. The maximum atomic E-state index is 4.38. The molecule has 2 atom stereocenters. The first-order valence-electron chi connectivity index (χ1n) is 7.08. The molecule has 3 nitrogen and oxygen atoms in total. The highest BCUT2D eigenvalue weighted by Crippen LogP contribution is 2.14. The molecule has 1 aliphatic heterocycles. The number of nitrogens with zero attached hydrogens (tertiary/aromatic N) is 2. The Labute approximate surface area is 111 Å². The second-order valence-corrected chi connectivity index (χ2v) is 5.48. The average Bonchev–Trinajstić information content (AvgIpc) is 2.36. The first-order chi connectivity index (χ1) is 8.69. The van der Waals surface area contributed by atoms with Gasteiger partial charge in [0.2, 0.25) is 0 Å². The molecule has 0 radical (unpaired) electrons. The molecule has 1 saturated heterocycles. The zero-order valence-electron chi connectivity index (χ0n) is 11.8. The van der Waals surface area contributed by atoms with E-state index in [-0.39, 0.29) is 0 Å². The summed E-state index contributed by atoms with van der Waals surface area (Å²) in [4.78, 5) is 6.96. The van der Waals surface area contributed by atoms with Gasteiger partial charge in [-0.3, -0.25) is 9.88 Å². The predicted molar refractivity (Wildman–Crippen MR) is 75.5 cm³/mol. The summed E-state index contributed by atoms with van der Waals surface area (Å²) >= 11 is 0. The van der Waals surface area contributed by atoms with Crippen LogP contribution < -0.4 is 5.32 Å². The van der Waals surface area contributed by atoms with Crippen molar-refractivity contribution < 1.29 is 0 Å². The monoisotopic (exact) mass is 247 g/mol. The van der Waals surface area contributed by atoms with Crippen LogP contribution in [0, 0.1) is 6.92 Å². The quantitative estimate of drug-likeness (QED) is 0.885. The summed E-state index contributed by atoms with van der Waals surface area (Å²) in [6.07, 6.45) is 4.54. The van der Waals surface area contributed by atoms with Gasteiger partial charge >= 0.3 is 0 Å². The van der Waals surface area contributed by atoms with E-state index in [4.69, 9.17) is 0 Å². The Hall–Kier alpha value is -0.930. The zero-order chi connectivity index (χ0) is 13.0. The topological polar surface area (TPSA) is 28.2 Å². The Bertz CT molecular complexity index is 361. The molecule has 1 aliphatic rings. The second-order valence-electron chi connectivity index (χ2n) is 5.48. The van der Waals surface area contributed by atoms with Crippen LogP contribution in [-0.4, -0.2) is 35.1 Å². The van der Waals surface area contributed by atoms with Crippen molar-refractivity contribution in [2.45, 2.75) is 52.2 Å². The summed E-state index contributed by atoms with van der Waals surface area (Å²) in [7, 11) is 0. The molecule has 0 saturated carbocycles. The van der Waals surface area contributed by atoms with E-state index in [9.17, 15) is 0 Å². The Morgan fingerprint density at radius 1 is 1.44 bits per heavy atom. The molecule has 100 valence electrons. The minimum atomic E-state index is 0.611. The smallest absolute Gasteiger partial charge is 0.0372 e. The lowest BCUT2D eigenvalue weighted by Crippen LogP contribution is -2.54. The normalized spacial score (nSPS) is 25.3. The van der Waals surface area contributed by atoms with Crippen LogP contribution in [0.4, 0.5) is 0 Å². The Morgan fingerprint density at radius 2 is 2.28 bits per heavy atom. The molecule has 1 aromatic rings. The van der Waals surface area contributed by atoms with Crippen molar-refractivity contribution >= 4 is 0 Å². The van der Waals surface area contributed by atoms with Crippen LogP contribution in [0.3, 0.4) is 0 Å².